The van der Waals surface area contributed by atoms with Gasteiger partial charge in [-0.1, -0.05) is 31.9 Å². The Morgan fingerprint density at radius 3 is 2.79 bits per heavy atom. The van der Waals surface area contributed by atoms with Gasteiger partial charge in [0.05, 0.1) is 0 Å². The molecule has 1 saturated carbocycles. The van der Waals surface area contributed by atoms with Crippen molar-refractivity contribution in [3.8, 4) is 5.75 Å². The van der Waals surface area contributed by atoms with Gasteiger partial charge in [-0.25, -0.2) is 0 Å². The molecule has 0 heterocycles. The van der Waals surface area contributed by atoms with Gasteiger partial charge in [0.25, 0.3) is 0 Å². The van der Waals surface area contributed by atoms with Crippen molar-refractivity contribution in [2.24, 2.45) is 5.73 Å². The fourth-order valence-corrected chi connectivity index (χ4v) is 2.91. The molecule has 0 bridgehead atoms. The molecule has 0 aromatic heterocycles. The monoisotopic (exact) mass is 262 g/mol. The number of nitrogens with two attached hydrogens (primary N) is 1. The zero-order valence-corrected chi connectivity index (χ0v) is 12.0. The van der Waals surface area contributed by atoms with Crippen LogP contribution in [0.1, 0.15) is 38.2 Å². The number of hydrogen-bond donors (Lipinski definition) is 1. The smallest absolute Gasteiger partial charge is 0.119 e. The van der Waals surface area contributed by atoms with Crippen LogP contribution in [0.25, 0.3) is 0 Å². The van der Waals surface area contributed by atoms with Crippen molar-refractivity contribution in [3.63, 3.8) is 0 Å². The zero-order chi connectivity index (χ0) is 13.5. The molecule has 1 aliphatic rings. The normalized spacial score (nSPS) is 16.2. The Morgan fingerprint density at radius 2 is 2.11 bits per heavy atom. The van der Waals surface area contributed by atoms with Crippen LogP contribution in [0.15, 0.2) is 24.3 Å². The van der Waals surface area contributed by atoms with Crippen molar-refractivity contribution in [2.45, 2.75) is 45.2 Å². The maximum Gasteiger partial charge on any atom is 0.119 e. The molecule has 0 aliphatic heterocycles. The number of rotatable bonds is 7. The molecule has 106 valence electrons. The third-order valence-electron chi connectivity index (χ3n) is 4.03. The fourth-order valence-electron chi connectivity index (χ4n) is 2.91. The molecule has 0 unspecified atom stereocenters. The van der Waals surface area contributed by atoms with Crippen LogP contribution in [-0.4, -0.2) is 30.6 Å². The summed E-state index contributed by atoms with van der Waals surface area (Å²) in [4.78, 5) is 2.56. The lowest BCUT2D eigenvalue weighted by molar-refractivity contribution is 0.167. The summed E-state index contributed by atoms with van der Waals surface area (Å²) in [6, 6.07) is 8.86. The average Bonchev–Trinajstić information content (AvgIpc) is 2.98. The quantitative estimate of drug-likeness (QED) is 0.821. The second-order valence-electron chi connectivity index (χ2n) is 5.27. The van der Waals surface area contributed by atoms with Crippen molar-refractivity contribution < 1.29 is 4.74 Å². The van der Waals surface area contributed by atoms with Gasteiger partial charge in [0.15, 0.2) is 0 Å². The lowest BCUT2D eigenvalue weighted by atomic mass is 10.2. The predicted octanol–water partition coefficient (Wildman–Crippen LogP) is 2.79. The molecule has 19 heavy (non-hydrogen) atoms. The number of likely N-dealkylation sites (N-methyl/N-ethyl adjacent to an activating group) is 1. The summed E-state index contributed by atoms with van der Waals surface area (Å²) >= 11 is 0. The fraction of sp³-hybridized carbons (Fsp3) is 0.625. The van der Waals surface area contributed by atoms with Crippen LogP contribution in [0.4, 0.5) is 0 Å². The number of hydrogen-bond acceptors (Lipinski definition) is 3. The minimum Gasteiger partial charge on any atom is -0.492 e. The lowest BCUT2D eigenvalue weighted by Crippen LogP contribution is -2.36. The molecule has 3 nitrogen and oxygen atoms in total. The van der Waals surface area contributed by atoms with Crippen LogP contribution in [0.3, 0.4) is 0 Å². The predicted molar refractivity (Wildman–Crippen MR) is 79.3 cm³/mol. The second kappa shape index (κ2) is 7.51. The standard InChI is InChI=1S/C16H26N2O/c1-2-18(15-7-3-4-8-15)10-11-19-16-9-5-6-14(12-16)13-17/h5-6,9,12,15H,2-4,7-8,10-11,13,17H2,1H3. The summed E-state index contributed by atoms with van der Waals surface area (Å²) in [6.45, 7) is 5.72. The number of nitrogens with zero attached hydrogens (tertiary/aromatic N) is 1. The maximum atomic E-state index is 5.84. The minimum atomic E-state index is 0.570. The van der Waals surface area contributed by atoms with E-state index < -0.39 is 0 Å². The van der Waals surface area contributed by atoms with Crippen LogP contribution >= 0.6 is 0 Å². The number of benzene rings is 1. The highest BCUT2D eigenvalue weighted by Crippen LogP contribution is 2.23. The molecule has 1 aliphatic carbocycles. The molecule has 0 spiro atoms. The Morgan fingerprint density at radius 1 is 1.32 bits per heavy atom. The van der Waals surface area contributed by atoms with Gasteiger partial charge < -0.3 is 10.5 Å². The highest BCUT2D eigenvalue weighted by Gasteiger charge is 2.20. The summed E-state index contributed by atoms with van der Waals surface area (Å²) in [5, 5.41) is 0. The molecule has 1 aromatic rings. The molecule has 3 heteroatoms. The largest absolute Gasteiger partial charge is 0.492 e. The van der Waals surface area contributed by atoms with Crippen molar-refractivity contribution in [2.75, 3.05) is 19.7 Å². The third kappa shape index (κ3) is 4.22. The summed E-state index contributed by atoms with van der Waals surface area (Å²) in [7, 11) is 0. The average molecular weight is 262 g/mol. The Hall–Kier alpha value is -1.06. The summed E-state index contributed by atoms with van der Waals surface area (Å²) in [6.07, 6.45) is 5.49. The Bertz CT molecular complexity index is 375. The first-order valence-corrected chi connectivity index (χ1v) is 7.49. The van der Waals surface area contributed by atoms with Crippen molar-refractivity contribution >= 4 is 0 Å². The first kappa shape index (κ1) is 14.4. The molecule has 2 rings (SSSR count). The molecule has 0 atom stereocenters. The Balaban J connectivity index is 1.77. The highest BCUT2D eigenvalue weighted by molar-refractivity contribution is 5.28. The van der Waals surface area contributed by atoms with E-state index in [2.05, 4.69) is 11.8 Å². The highest BCUT2D eigenvalue weighted by atomic mass is 16.5. The molecule has 1 aromatic carbocycles. The van der Waals surface area contributed by atoms with Crippen LogP contribution in [0.5, 0.6) is 5.75 Å². The first-order chi connectivity index (χ1) is 9.33. The van der Waals surface area contributed by atoms with Crippen molar-refractivity contribution in [1.82, 2.24) is 4.90 Å². The topological polar surface area (TPSA) is 38.5 Å². The van der Waals surface area contributed by atoms with Crippen molar-refractivity contribution in [1.29, 1.82) is 0 Å². The van der Waals surface area contributed by atoms with Gasteiger partial charge in [0.2, 0.25) is 0 Å². The van der Waals surface area contributed by atoms with Crippen LogP contribution in [-0.2, 0) is 6.54 Å². The van der Waals surface area contributed by atoms with Gasteiger partial charge in [-0.3, -0.25) is 4.90 Å². The summed E-state index contributed by atoms with van der Waals surface area (Å²) in [5.74, 6) is 0.936. The third-order valence-corrected chi connectivity index (χ3v) is 4.03. The van der Waals surface area contributed by atoms with E-state index in [1.165, 1.54) is 25.7 Å². The summed E-state index contributed by atoms with van der Waals surface area (Å²) < 4.78 is 5.84. The van der Waals surface area contributed by atoms with Crippen LogP contribution in [0.2, 0.25) is 0 Å². The second-order valence-corrected chi connectivity index (χ2v) is 5.27. The van der Waals surface area contributed by atoms with E-state index in [0.717, 1.165) is 37.1 Å². The van der Waals surface area contributed by atoms with Gasteiger partial charge in [-0.05, 0) is 37.1 Å². The van der Waals surface area contributed by atoms with Gasteiger partial charge >= 0.3 is 0 Å². The van der Waals surface area contributed by atoms with Gasteiger partial charge in [0, 0.05) is 19.1 Å². The van der Waals surface area contributed by atoms with E-state index in [9.17, 15) is 0 Å². The Kier molecular flexibility index (Phi) is 5.67. The first-order valence-electron chi connectivity index (χ1n) is 7.49. The summed E-state index contributed by atoms with van der Waals surface area (Å²) in [5.41, 5.74) is 6.76. The van der Waals surface area contributed by atoms with E-state index in [1.54, 1.807) is 0 Å². The van der Waals surface area contributed by atoms with E-state index in [0.29, 0.717) is 6.54 Å². The van der Waals surface area contributed by atoms with E-state index in [1.807, 2.05) is 24.3 Å². The molecular formula is C16H26N2O. The zero-order valence-electron chi connectivity index (χ0n) is 12.0. The lowest BCUT2D eigenvalue weighted by Gasteiger charge is -2.27. The molecule has 0 saturated heterocycles. The van der Waals surface area contributed by atoms with Gasteiger partial charge in [-0.2, -0.15) is 0 Å². The molecular weight excluding hydrogens is 236 g/mol. The van der Waals surface area contributed by atoms with E-state index in [4.69, 9.17) is 10.5 Å². The SMILES string of the molecule is CCN(CCOc1cccc(CN)c1)C1CCCC1. The van der Waals surface area contributed by atoms with E-state index in [-0.39, 0.29) is 0 Å². The molecule has 2 N–H and O–H groups in total. The van der Waals surface area contributed by atoms with E-state index >= 15 is 0 Å². The van der Waals surface area contributed by atoms with Crippen LogP contribution in [0, 0.1) is 0 Å². The number of ether oxygens (including phenoxy) is 1. The Labute approximate surface area is 116 Å². The van der Waals surface area contributed by atoms with Gasteiger partial charge in [-0.15, -0.1) is 0 Å². The minimum absolute atomic E-state index is 0.570. The molecule has 0 radical (unpaired) electrons. The van der Waals surface area contributed by atoms with Gasteiger partial charge in [0.1, 0.15) is 12.4 Å². The molecule has 1 fully saturated rings. The molecule has 0 amide bonds. The van der Waals surface area contributed by atoms with Crippen LogP contribution < -0.4 is 10.5 Å². The maximum absolute atomic E-state index is 5.84. The van der Waals surface area contributed by atoms with Crippen molar-refractivity contribution in [3.05, 3.63) is 29.8 Å².